The van der Waals surface area contributed by atoms with Gasteiger partial charge in [-0.15, -0.1) is 0 Å². The van der Waals surface area contributed by atoms with Gasteiger partial charge < -0.3 is 9.47 Å². The molecular weight excluding hydrogens is 488 g/mol. The molecule has 5 heteroatoms. The van der Waals surface area contributed by atoms with Crippen molar-refractivity contribution in [2.75, 3.05) is 6.61 Å². The lowest BCUT2D eigenvalue weighted by Gasteiger charge is -2.38. The van der Waals surface area contributed by atoms with Crippen LogP contribution >= 0.6 is 15.9 Å². The Labute approximate surface area is 210 Å². The second kappa shape index (κ2) is 8.95. The quantitative estimate of drug-likeness (QED) is 0.328. The molecule has 5 rings (SSSR count). The van der Waals surface area contributed by atoms with E-state index < -0.39 is 0 Å². The molecule has 2 atom stereocenters. The lowest BCUT2D eigenvalue weighted by Crippen LogP contribution is -2.33. The summed E-state index contributed by atoms with van der Waals surface area (Å²) in [5, 5.41) is 7.21. The van der Waals surface area contributed by atoms with E-state index in [0.29, 0.717) is 6.61 Å². The first-order chi connectivity index (χ1) is 16.3. The third-order valence-electron chi connectivity index (χ3n) is 6.37. The predicted octanol–water partition coefficient (Wildman–Crippen LogP) is 7.55. The van der Waals surface area contributed by atoms with Gasteiger partial charge in [0.05, 0.1) is 11.8 Å². The van der Waals surface area contributed by atoms with Crippen molar-refractivity contribution in [1.82, 2.24) is 5.01 Å². The van der Waals surface area contributed by atoms with Gasteiger partial charge in [-0.05, 0) is 59.0 Å². The molecule has 2 aliphatic heterocycles. The summed E-state index contributed by atoms with van der Waals surface area (Å²) in [6.07, 6.45) is 2.29. The van der Waals surface area contributed by atoms with Crippen LogP contribution in [0.25, 0.3) is 0 Å². The number of hydrogen-bond acceptors (Lipinski definition) is 4. The molecule has 2 aliphatic rings. The van der Waals surface area contributed by atoms with Crippen molar-refractivity contribution in [1.29, 1.82) is 0 Å². The van der Waals surface area contributed by atoms with Crippen LogP contribution in [0.4, 0.5) is 0 Å². The monoisotopic (exact) mass is 516 g/mol. The van der Waals surface area contributed by atoms with E-state index in [0.717, 1.165) is 44.8 Å². The fourth-order valence-corrected chi connectivity index (χ4v) is 4.88. The number of nitrogens with zero attached hydrogens (tertiary/aromatic N) is 2. The maximum Gasteiger partial charge on any atom is 0.213 e. The fraction of sp³-hybridized carbons (Fsp3) is 0.276. The highest BCUT2D eigenvalue weighted by molar-refractivity contribution is 9.10. The van der Waals surface area contributed by atoms with E-state index in [1.807, 2.05) is 18.2 Å². The first-order valence-electron chi connectivity index (χ1n) is 11.6. The predicted molar refractivity (Wildman–Crippen MR) is 141 cm³/mol. The normalized spacial score (nSPS) is 19.1. The topological polar surface area (TPSA) is 34.1 Å². The average Bonchev–Trinajstić information content (AvgIpc) is 3.28. The first-order valence-corrected chi connectivity index (χ1v) is 12.4. The van der Waals surface area contributed by atoms with Crippen LogP contribution in [0.15, 0.2) is 89.0 Å². The molecule has 2 heterocycles. The molecule has 0 saturated heterocycles. The third kappa shape index (κ3) is 4.37. The average molecular weight is 517 g/mol. The molecule has 4 nitrogen and oxygen atoms in total. The van der Waals surface area contributed by atoms with Gasteiger partial charge in [-0.1, -0.05) is 73.6 Å². The second-order valence-electron chi connectivity index (χ2n) is 9.80. The van der Waals surface area contributed by atoms with Gasteiger partial charge in [-0.25, -0.2) is 5.01 Å². The molecule has 174 valence electrons. The highest BCUT2D eigenvalue weighted by atomic mass is 79.9. The SMILES string of the molecule is C=CCOc1ccc(C2=NN3C(C2)c2cc(Br)ccc2OC3c2ccc(C(C)(C)C)cc2)cc1. The summed E-state index contributed by atoms with van der Waals surface area (Å²) in [5.74, 6) is 1.74. The summed E-state index contributed by atoms with van der Waals surface area (Å²) in [6, 6.07) is 23.2. The molecule has 3 aromatic rings. The van der Waals surface area contributed by atoms with E-state index in [-0.39, 0.29) is 17.7 Å². The van der Waals surface area contributed by atoms with E-state index in [4.69, 9.17) is 14.6 Å². The minimum absolute atomic E-state index is 0.105. The molecular formula is C29H29BrN2O2. The van der Waals surface area contributed by atoms with Gasteiger partial charge in [-0.2, -0.15) is 5.10 Å². The van der Waals surface area contributed by atoms with E-state index in [2.05, 4.69) is 96.8 Å². The van der Waals surface area contributed by atoms with Crippen LogP contribution in [-0.2, 0) is 5.41 Å². The number of fused-ring (bicyclic) bond motifs is 3. The third-order valence-corrected chi connectivity index (χ3v) is 6.86. The summed E-state index contributed by atoms with van der Waals surface area (Å²) < 4.78 is 13.2. The van der Waals surface area contributed by atoms with Crippen LogP contribution in [-0.4, -0.2) is 17.3 Å². The Kier molecular flexibility index (Phi) is 5.98. The first kappa shape index (κ1) is 22.7. The van der Waals surface area contributed by atoms with Gasteiger partial charge in [-0.3, -0.25) is 0 Å². The van der Waals surface area contributed by atoms with Gasteiger partial charge in [0.15, 0.2) is 0 Å². The Morgan fingerprint density at radius 2 is 1.82 bits per heavy atom. The number of halogens is 1. The van der Waals surface area contributed by atoms with Crippen molar-refractivity contribution in [3.63, 3.8) is 0 Å². The molecule has 0 fully saturated rings. The number of rotatable bonds is 5. The van der Waals surface area contributed by atoms with Crippen molar-refractivity contribution in [3.8, 4) is 11.5 Å². The standard InChI is InChI=1S/C29H29BrN2O2/c1-5-16-33-23-13-8-19(9-14-23)25-18-26-24-17-22(30)12-15-27(24)34-28(32(26)31-25)20-6-10-21(11-7-20)29(2,3)4/h5-15,17,26,28H,1,16,18H2,2-4H3. The van der Waals surface area contributed by atoms with Gasteiger partial charge >= 0.3 is 0 Å². The molecule has 0 amide bonds. The molecule has 34 heavy (non-hydrogen) atoms. The number of benzene rings is 3. The van der Waals surface area contributed by atoms with E-state index in [1.54, 1.807) is 6.08 Å². The van der Waals surface area contributed by atoms with E-state index in [1.165, 1.54) is 5.56 Å². The molecule has 0 saturated carbocycles. The van der Waals surface area contributed by atoms with Gasteiger partial charge in [0.25, 0.3) is 0 Å². The van der Waals surface area contributed by atoms with Crippen molar-refractivity contribution in [2.45, 2.75) is 44.9 Å². The van der Waals surface area contributed by atoms with Crippen LogP contribution in [0, 0.1) is 0 Å². The smallest absolute Gasteiger partial charge is 0.213 e. The molecule has 2 unspecified atom stereocenters. The second-order valence-corrected chi connectivity index (χ2v) is 10.7. The summed E-state index contributed by atoms with van der Waals surface area (Å²) >= 11 is 3.63. The highest BCUT2D eigenvalue weighted by Crippen LogP contribution is 2.48. The van der Waals surface area contributed by atoms with E-state index in [9.17, 15) is 0 Å². The number of hydrazone groups is 1. The minimum atomic E-state index is -0.277. The van der Waals surface area contributed by atoms with Crippen molar-refractivity contribution >= 4 is 21.6 Å². The van der Waals surface area contributed by atoms with Crippen LogP contribution < -0.4 is 9.47 Å². The molecule has 0 aromatic heterocycles. The van der Waals surface area contributed by atoms with Crippen LogP contribution in [0.5, 0.6) is 11.5 Å². The number of ether oxygens (including phenoxy) is 2. The summed E-state index contributed by atoms with van der Waals surface area (Å²) in [4.78, 5) is 0. The van der Waals surface area contributed by atoms with Crippen molar-refractivity contribution in [2.24, 2.45) is 5.10 Å². The Balaban J connectivity index is 1.50. The summed E-state index contributed by atoms with van der Waals surface area (Å²) in [7, 11) is 0. The zero-order valence-electron chi connectivity index (χ0n) is 19.8. The summed E-state index contributed by atoms with van der Waals surface area (Å²) in [5.41, 5.74) is 5.81. The molecule has 0 radical (unpaired) electrons. The Bertz CT molecular complexity index is 1230. The zero-order chi connectivity index (χ0) is 23.9. The molecule has 0 aliphatic carbocycles. The van der Waals surface area contributed by atoms with Gasteiger partial charge in [0.2, 0.25) is 6.23 Å². The van der Waals surface area contributed by atoms with Crippen molar-refractivity contribution in [3.05, 3.63) is 106 Å². The van der Waals surface area contributed by atoms with Gasteiger partial charge in [0, 0.05) is 22.0 Å². The Morgan fingerprint density at radius 1 is 1.09 bits per heavy atom. The lowest BCUT2D eigenvalue weighted by atomic mass is 9.86. The Morgan fingerprint density at radius 3 is 2.50 bits per heavy atom. The Hall–Kier alpha value is -3.05. The van der Waals surface area contributed by atoms with Crippen LogP contribution in [0.3, 0.4) is 0 Å². The number of hydrogen-bond donors (Lipinski definition) is 0. The molecule has 0 N–H and O–H groups in total. The zero-order valence-corrected chi connectivity index (χ0v) is 21.4. The van der Waals surface area contributed by atoms with E-state index >= 15 is 0 Å². The molecule has 0 bridgehead atoms. The highest BCUT2D eigenvalue weighted by Gasteiger charge is 2.41. The van der Waals surface area contributed by atoms with Crippen molar-refractivity contribution < 1.29 is 9.47 Å². The van der Waals surface area contributed by atoms with Gasteiger partial charge in [0.1, 0.15) is 18.1 Å². The van der Waals surface area contributed by atoms with Crippen LogP contribution in [0.2, 0.25) is 0 Å². The lowest BCUT2D eigenvalue weighted by molar-refractivity contribution is -0.0191. The maximum atomic E-state index is 6.53. The molecule has 3 aromatic carbocycles. The van der Waals surface area contributed by atoms with Crippen LogP contribution in [0.1, 0.15) is 61.7 Å². The minimum Gasteiger partial charge on any atom is -0.490 e. The fourth-order valence-electron chi connectivity index (χ4n) is 4.50. The molecule has 0 spiro atoms. The summed E-state index contributed by atoms with van der Waals surface area (Å²) in [6.45, 7) is 10.9. The largest absolute Gasteiger partial charge is 0.490 e. The maximum absolute atomic E-state index is 6.53.